The molecule has 1 aromatic heterocycles. The first-order chi connectivity index (χ1) is 11.5. The number of methoxy groups -OCH3 is 1. The Morgan fingerprint density at radius 3 is 2.67 bits per heavy atom. The number of hydrogen-bond donors (Lipinski definition) is 1. The maximum absolute atomic E-state index is 12.9. The molecule has 2 rings (SSSR count). The number of carbonyl (C=O) groups is 1. The lowest BCUT2D eigenvalue weighted by Gasteiger charge is -2.21. The first-order valence-electron chi connectivity index (χ1n) is 8.48. The average molecular weight is 330 g/mol. The van der Waals surface area contributed by atoms with Gasteiger partial charge < -0.3 is 9.72 Å². The quantitative estimate of drug-likeness (QED) is 0.792. The molecule has 0 saturated heterocycles. The van der Waals surface area contributed by atoms with Crippen molar-refractivity contribution in [2.24, 2.45) is 0 Å². The summed E-state index contributed by atoms with van der Waals surface area (Å²) in [6.07, 6.45) is 2.25. The SMILES string of the molecule is CCCCN(CC)Cc1c(C)[nH]c2ccc(C(=O)OC)cc2c1=O. The molecule has 0 fully saturated rings. The smallest absolute Gasteiger partial charge is 0.337 e. The van der Waals surface area contributed by atoms with Gasteiger partial charge in [0, 0.05) is 28.7 Å². The first-order valence-corrected chi connectivity index (χ1v) is 8.48. The number of rotatable bonds is 7. The van der Waals surface area contributed by atoms with E-state index in [0.29, 0.717) is 17.5 Å². The third kappa shape index (κ3) is 3.85. The number of unbranched alkanes of at least 4 members (excludes halogenated alkanes) is 1. The molecule has 5 nitrogen and oxygen atoms in total. The number of aryl methyl sites for hydroxylation is 1. The fourth-order valence-electron chi connectivity index (χ4n) is 2.84. The first kappa shape index (κ1) is 18.2. The topological polar surface area (TPSA) is 62.4 Å². The zero-order valence-corrected chi connectivity index (χ0v) is 14.9. The number of aromatic amines is 1. The predicted molar refractivity (Wildman–Crippen MR) is 96.5 cm³/mol. The Morgan fingerprint density at radius 1 is 1.29 bits per heavy atom. The van der Waals surface area contributed by atoms with E-state index in [2.05, 4.69) is 23.7 Å². The molecule has 1 aromatic carbocycles. The largest absolute Gasteiger partial charge is 0.465 e. The highest BCUT2D eigenvalue weighted by Crippen LogP contribution is 2.16. The van der Waals surface area contributed by atoms with E-state index in [0.717, 1.165) is 42.7 Å². The van der Waals surface area contributed by atoms with E-state index in [9.17, 15) is 9.59 Å². The predicted octanol–water partition coefficient (Wildman–Crippen LogP) is 3.25. The van der Waals surface area contributed by atoms with Crippen molar-refractivity contribution in [2.75, 3.05) is 20.2 Å². The molecular formula is C19H26N2O3. The van der Waals surface area contributed by atoms with Gasteiger partial charge in [0.25, 0.3) is 0 Å². The van der Waals surface area contributed by atoms with Crippen LogP contribution in [0.15, 0.2) is 23.0 Å². The Morgan fingerprint density at radius 2 is 2.04 bits per heavy atom. The van der Waals surface area contributed by atoms with Gasteiger partial charge in [-0.15, -0.1) is 0 Å². The number of aromatic nitrogens is 1. The van der Waals surface area contributed by atoms with Crippen molar-refractivity contribution in [2.45, 2.75) is 40.2 Å². The summed E-state index contributed by atoms with van der Waals surface area (Å²) in [4.78, 5) is 30.2. The van der Waals surface area contributed by atoms with E-state index in [4.69, 9.17) is 4.74 Å². The van der Waals surface area contributed by atoms with Crippen LogP contribution in [-0.2, 0) is 11.3 Å². The molecule has 0 unspecified atom stereocenters. The molecule has 0 aliphatic heterocycles. The Hall–Kier alpha value is -2.14. The number of pyridine rings is 1. The van der Waals surface area contributed by atoms with Crippen molar-refractivity contribution in [1.82, 2.24) is 9.88 Å². The van der Waals surface area contributed by atoms with Crippen molar-refractivity contribution in [3.63, 3.8) is 0 Å². The van der Waals surface area contributed by atoms with Crippen LogP contribution >= 0.6 is 0 Å². The standard InChI is InChI=1S/C19H26N2O3/c1-5-7-10-21(6-2)12-16-13(3)20-17-9-8-14(19(23)24-4)11-15(17)18(16)22/h8-9,11H,5-7,10,12H2,1-4H3,(H,20,22). The molecule has 5 heteroatoms. The number of nitrogens with zero attached hydrogens (tertiary/aromatic N) is 1. The van der Waals surface area contributed by atoms with Gasteiger partial charge in [0.2, 0.25) is 0 Å². The van der Waals surface area contributed by atoms with Crippen molar-refractivity contribution in [3.8, 4) is 0 Å². The molecule has 130 valence electrons. The van der Waals surface area contributed by atoms with E-state index in [1.807, 2.05) is 6.92 Å². The minimum absolute atomic E-state index is 0.0121. The zero-order valence-electron chi connectivity index (χ0n) is 14.9. The summed E-state index contributed by atoms with van der Waals surface area (Å²) >= 11 is 0. The van der Waals surface area contributed by atoms with E-state index in [1.165, 1.54) is 7.11 Å². The number of H-pyrrole nitrogens is 1. The molecule has 0 spiro atoms. The van der Waals surface area contributed by atoms with Gasteiger partial charge in [-0.3, -0.25) is 9.69 Å². The van der Waals surface area contributed by atoms with Crippen LogP contribution in [0.4, 0.5) is 0 Å². The second-order valence-corrected chi connectivity index (χ2v) is 6.03. The van der Waals surface area contributed by atoms with Crippen LogP contribution in [0.5, 0.6) is 0 Å². The van der Waals surface area contributed by atoms with Crippen LogP contribution in [0.25, 0.3) is 10.9 Å². The van der Waals surface area contributed by atoms with E-state index in [1.54, 1.807) is 18.2 Å². The molecule has 0 atom stereocenters. The van der Waals surface area contributed by atoms with E-state index in [-0.39, 0.29) is 5.43 Å². The summed E-state index contributed by atoms with van der Waals surface area (Å²) in [5.41, 5.74) is 2.77. The van der Waals surface area contributed by atoms with Gasteiger partial charge in [-0.2, -0.15) is 0 Å². The van der Waals surface area contributed by atoms with Crippen LogP contribution in [0.1, 0.15) is 48.3 Å². The molecule has 1 heterocycles. The number of hydrogen-bond acceptors (Lipinski definition) is 4. The Balaban J connectivity index is 2.46. The molecule has 0 radical (unpaired) electrons. The van der Waals surface area contributed by atoms with Crippen LogP contribution in [0.2, 0.25) is 0 Å². The van der Waals surface area contributed by atoms with Crippen molar-refractivity contribution >= 4 is 16.9 Å². The summed E-state index contributed by atoms with van der Waals surface area (Å²) in [7, 11) is 1.34. The molecule has 0 aliphatic carbocycles. The van der Waals surface area contributed by atoms with Gasteiger partial charge in [0.05, 0.1) is 12.7 Å². The Kier molecular flexibility index (Phi) is 6.15. The number of carbonyl (C=O) groups excluding carboxylic acids is 1. The summed E-state index contributed by atoms with van der Waals surface area (Å²) in [6.45, 7) is 8.70. The number of benzene rings is 1. The maximum Gasteiger partial charge on any atom is 0.337 e. The van der Waals surface area contributed by atoms with E-state index < -0.39 is 5.97 Å². The number of fused-ring (bicyclic) bond motifs is 1. The molecule has 24 heavy (non-hydrogen) atoms. The van der Waals surface area contributed by atoms with Crippen molar-refractivity contribution < 1.29 is 9.53 Å². The Labute approximate surface area is 142 Å². The average Bonchev–Trinajstić information content (AvgIpc) is 2.60. The van der Waals surface area contributed by atoms with Crippen molar-refractivity contribution in [1.29, 1.82) is 0 Å². The third-order valence-electron chi connectivity index (χ3n) is 4.39. The normalized spacial score (nSPS) is 11.2. The van der Waals surface area contributed by atoms with Crippen molar-refractivity contribution in [3.05, 3.63) is 45.2 Å². The molecule has 1 N–H and O–H groups in total. The van der Waals surface area contributed by atoms with Crippen LogP contribution in [0.3, 0.4) is 0 Å². The van der Waals surface area contributed by atoms with Gasteiger partial charge in [0.15, 0.2) is 5.43 Å². The summed E-state index contributed by atoms with van der Waals surface area (Å²) in [5, 5.41) is 0.532. The highest BCUT2D eigenvalue weighted by Gasteiger charge is 2.14. The lowest BCUT2D eigenvalue weighted by molar-refractivity contribution is 0.0601. The highest BCUT2D eigenvalue weighted by atomic mass is 16.5. The number of esters is 1. The second kappa shape index (κ2) is 8.11. The molecule has 2 aromatic rings. The van der Waals surface area contributed by atoms with Gasteiger partial charge in [0.1, 0.15) is 0 Å². The third-order valence-corrected chi connectivity index (χ3v) is 4.39. The molecule has 0 amide bonds. The molecular weight excluding hydrogens is 304 g/mol. The lowest BCUT2D eigenvalue weighted by Crippen LogP contribution is -2.28. The van der Waals surface area contributed by atoms with Gasteiger partial charge >= 0.3 is 5.97 Å². The summed E-state index contributed by atoms with van der Waals surface area (Å²) in [6, 6.07) is 5.04. The molecule has 0 bridgehead atoms. The monoisotopic (exact) mass is 330 g/mol. The van der Waals surface area contributed by atoms with Gasteiger partial charge in [-0.25, -0.2) is 4.79 Å². The molecule has 0 aliphatic rings. The second-order valence-electron chi connectivity index (χ2n) is 6.03. The fourth-order valence-corrected chi connectivity index (χ4v) is 2.84. The van der Waals surface area contributed by atoms with Crippen LogP contribution in [0, 0.1) is 6.92 Å². The molecule has 0 saturated carbocycles. The highest BCUT2D eigenvalue weighted by molar-refractivity contribution is 5.94. The minimum Gasteiger partial charge on any atom is -0.465 e. The number of nitrogens with one attached hydrogen (secondary N) is 1. The maximum atomic E-state index is 12.9. The zero-order chi connectivity index (χ0) is 17.7. The van der Waals surface area contributed by atoms with Crippen LogP contribution in [-0.4, -0.2) is 36.1 Å². The fraction of sp³-hybridized carbons (Fsp3) is 0.474. The summed E-state index contributed by atoms with van der Waals surface area (Å²) in [5.74, 6) is -0.434. The van der Waals surface area contributed by atoms with Crippen LogP contribution < -0.4 is 5.43 Å². The Bertz CT molecular complexity index is 780. The lowest BCUT2D eigenvalue weighted by atomic mass is 10.1. The van der Waals surface area contributed by atoms with Gasteiger partial charge in [-0.05, 0) is 44.6 Å². The van der Waals surface area contributed by atoms with E-state index >= 15 is 0 Å². The number of ether oxygens (including phenoxy) is 1. The minimum atomic E-state index is -0.434. The van der Waals surface area contributed by atoms with Gasteiger partial charge in [-0.1, -0.05) is 20.3 Å². The summed E-state index contributed by atoms with van der Waals surface area (Å²) < 4.78 is 4.75.